The monoisotopic (exact) mass is 240 g/mol. The third-order valence-corrected chi connectivity index (χ3v) is 2.41. The highest BCUT2D eigenvalue weighted by atomic mass is 35.5. The summed E-state index contributed by atoms with van der Waals surface area (Å²) in [5.74, 6) is -1.33. The molecule has 0 unspecified atom stereocenters. The normalized spacial score (nSPS) is 10.4. The number of benzene rings is 2. The number of halogens is 3. The molecule has 0 aliphatic rings. The summed E-state index contributed by atoms with van der Waals surface area (Å²) >= 11 is 5.73. The van der Waals surface area contributed by atoms with Gasteiger partial charge in [-0.1, -0.05) is 11.6 Å². The van der Waals surface area contributed by atoms with Crippen LogP contribution >= 0.6 is 11.6 Å². The van der Waals surface area contributed by atoms with E-state index in [1.807, 2.05) is 0 Å². The molecule has 2 aromatic carbocycles. The van der Waals surface area contributed by atoms with Crippen molar-refractivity contribution in [1.82, 2.24) is 0 Å². The fourth-order valence-electron chi connectivity index (χ4n) is 1.43. The fraction of sp³-hybridized carbons (Fsp3) is 0. The predicted octanol–water partition coefficient (Wildman–Crippen LogP) is 3.99. The van der Waals surface area contributed by atoms with Crippen LogP contribution in [0.3, 0.4) is 0 Å². The topological polar surface area (TPSA) is 20.2 Å². The minimum Gasteiger partial charge on any atom is -0.507 e. The molecule has 0 amide bonds. The summed E-state index contributed by atoms with van der Waals surface area (Å²) in [6, 6.07) is 7.22. The number of hydrogen-bond donors (Lipinski definition) is 1. The maximum Gasteiger partial charge on any atom is 0.131 e. The van der Waals surface area contributed by atoms with Crippen molar-refractivity contribution < 1.29 is 13.9 Å². The van der Waals surface area contributed by atoms with E-state index >= 15 is 0 Å². The van der Waals surface area contributed by atoms with Gasteiger partial charge in [0.2, 0.25) is 0 Å². The Bertz CT molecular complexity index is 491. The Morgan fingerprint density at radius 1 is 0.938 bits per heavy atom. The van der Waals surface area contributed by atoms with Crippen LogP contribution in [-0.2, 0) is 0 Å². The van der Waals surface area contributed by atoms with Crippen LogP contribution in [0.4, 0.5) is 8.78 Å². The van der Waals surface area contributed by atoms with Crippen molar-refractivity contribution in [3.8, 4) is 16.9 Å². The molecule has 2 aromatic rings. The molecule has 82 valence electrons. The summed E-state index contributed by atoms with van der Waals surface area (Å²) in [6.07, 6.45) is 0. The molecule has 1 N–H and O–H groups in total. The maximum atomic E-state index is 13.4. The predicted molar refractivity (Wildman–Crippen MR) is 58.5 cm³/mol. The van der Waals surface area contributed by atoms with Crippen LogP contribution in [0, 0.1) is 11.6 Å². The molecule has 0 fully saturated rings. The lowest BCUT2D eigenvalue weighted by molar-refractivity contribution is 0.476. The van der Waals surface area contributed by atoms with E-state index < -0.39 is 11.6 Å². The van der Waals surface area contributed by atoms with Crippen molar-refractivity contribution in [2.75, 3.05) is 0 Å². The number of hydrogen-bond acceptors (Lipinski definition) is 1. The molecular weight excluding hydrogens is 234 g/mol. The van der Waals surface area contributed by atoms with Gasteiger partial charge in [0, 0.05) is 16.1 Å². The zero-order valence-corrected chi connectivity index (χ0v) is 8.80. The highest BCUT2D eigenvalue weighted by Crippen LogP contribution is 2.33. The van der Waals surface area contributed by atoms with Gasteiger partial charge in [0.1, 0.15) is 17.4 Å². The minimum absolute atomic E-state index is 0.0139. The summed E-state index contributed by atoms with van der Waals surface area (Å²) in [6.45, 7) is 0. The number of phenolic OH excluding ortho intramolecular Hbond substituents is 1. The summed E-state index contributed by atoms with van der Waals surface area (Å²) in [4.78, 5) is 0. The first-order chi connectivity index (χ1) is 7.58. The lowest BCUT2D eigenvalue weighted by Crippen LogP contribution is -1.87. The van der Waals surface area contributed by atoms with Gasteiger partial charge in [-0.05, 0) is 36.4 Å². The first kappa shape index (κ1) is 10.9. The molecule has 0 heterocycles. The van der Waals surface area contributed by atoms with Gasteiger partial charge in [-0.15, -0.1) is 0 Å². The van der Waals surface area contributed by atoms with Gasteiger partial charge in [0.25, 0.3) is 0 Å². The van der Waals surface area contributed by atoms with Crippen molar-refractivity contribution in [3.63, 3.8) is 0 Å². The van der Waals surface area contributed by atoms with Crippen LogP contribution in [0.15, 0.2) is 36.4 Å². The molecule has 0 aromatic heterocycles. The van der Waals surface area contributed by atoms with Crippen LogP contribution in [-0.4, -0.2) is 5.11 Å². The van der Waals surface area contributed by atoms with Crippen molar-refractivity contribution in [1.29, 1.82) is 0 Å². The van der Waals surface area contributed by atoms with Crippen LogP contribution in [0.2, 0.25) is 5.02 Å². The van der Waals surface area contributed by atoms with Crippen molar-refractivity contribution in [3.05, 3.63) is 53.1 Å². The zero-order chi connectivity index (χ0) is 11.7. The van der Waals surface area contributed by atoms with E-state index in [-0.39, 0.29) is 16.9 Å². The van der Waals surface area contributed by atoms with E-state index in [0.717, 1.165) is 18.2 Å². The number of aromatic hydroxyl groups is 1. The minimum atomic E-state index is -0.612. The van der Waals surface area contributed by atoms with Crippen molar-refractivity contribution >= 4 is 11.6 Å². The lowest BCUT2D eigenvalue weighted by Gasteiger charge is -2.06. The van der Waals surface area contributed by atoms with E-state index in [1.54, 1.807) is 0 Å². The average Bonchev–Trinajstić information content (AvgIpc) is 2.25. The quantitative estimate of drug-likeness (QED) is 0.799. The first-order valence-corrected chi connectivity index (χ1v) is 4.89. The molecule has 0 aliphatic heterocycles. The van der Waals surface area contributed by atoms with Gasteiger partial charge in [-0.3, -0.25) is 0 Å². The Morgan fingerprint density at radius 3 is 2.44 bits per heavy atom. The second-order valence-corrected chi connectivity index (χ2v) is 3.72. The van der Waals surface area contributed by atoms with Crippen LogP contribution in [0.25, 0.3) is 11.1 Å². The molecule has 0 saturated carbocycles. The molecule has 4 heteroatoms. The highest BCUT2D eigenvalue weighted by Gasteiger charge is 2.11. The smallest absolute Gasteiger partial charge is 0.131 e. The summed E-state index contributed by atoms with van der Waals surface area (Å²) in [5, 5.41) is 9.90. The van der Waals surface area contributed by atoms with Gasteiger partial charge in [0.15, 0.2) is 0 Å². The highest BCUT2D eigenvalue weighted by molar-refractivity contribution is 6.31. The van der Waals surface area contributed by atoms with Crippen LogP contribution < -0.4 is 0 Å². The first-order valence-electron chi connectivity index (χ1n) is 4.52. The van der Waals surface area contributed by atoms with Crippen LogP contribution in [0.1, 0.15) is 0 Å². The Hall–Kier alpha value is -1.61. The molecule has 0 saturated heterocycles. The van der Waals surface area contributed by atoms with Crippen molar-refractivity contribution in [2.24, 2.45) is 0 Å². The second-order valence-electron chi connectivity index (χ2n) is 3.29. The van der Waals surface area contributed by atoms with Gasteiger partial charge in [-0.2, -0.15) is 0 Å². The molecule has 2 rings (SSSR count). The number of rotatable bonds is 1. The van der Waals surface area contributed by atoms with Crippen LogP contribution in [0.5, 0.6) is 5.75 Å². The Labute approximate surface area is 95.9 Å². The maximum absolute atomic E-state index is 13.4. The third kappa shape index (κ3) is 1.99. The van der Waals surface area contributed by atoms with Gasteiger partial charge in [-0.25, -0.2) is 8.78 Å². The standard InChI is InChI=1S/C12H7ClF2O/c13-7-1-4-12(16)10(5-7)9-6-8(14)2-3-11(9)15/h1-6,16H. The van der Waals surface area contributed by atoms with E-state index in [1.165, 1.54) is 18.2 Å². The van der Waals surface area contributed by atoms with E-state index in [9.17, 15) is 13.9 Å². The summed E-state index contributed by atoms with van der Waals surface area (Å²) in [5.41, 5.74) is 0.157. The Balaban J connectivity index is 2.66. The SMILES string of the molecule is Oc1ccc(Cl)cc1-c1cc(F)ccc1F. The molecule has 0 bridgehead atoms. The zero-order valence-electron chi connectivity index (χ0n) is 8.05. The molecular formula is C12H7ClF2O. The average molecular weight is 241 g/mol. The fourth-order valence-corrected chi connectivity index (χ4v) is 1.60. The second kappa shape index (κ2) is 4.10. The molecule has 0 atom stereocenters. The summed E-state index contributed by atoms with van der Waals surface area (Å²) < 4.78 is 26.4. The van der Waals surface area contributed by atoms with E-state index in [4.69, 9.17) is 11.6 Å². The van der Waals surface area contributed by atoms with E-state index in [0.29, 0.717) is 5.02 Å². The van der Waals surface area contributed by atoms with Gasteiger partial charge in [0.05, 0.1) is 0 Å². The number of phenols is 1. The van der Waals surface area contributed by atoms with Gasteiger partial charge < -0.3 is 5.11 Å². The third-order valence-electron chi connectivity index (χ3n) is 2.18. The van der Waals surface area contributed by atoms with Gasteiger partial charge >= 0.3 is 0 Å². The Morgan fingerprint density at radius 2 is 1.69 bits per heavy atom. The molecule has 1 nitrogen and oxygen atoms in total. The lowest BCUT2D eigenvalue weighted by atomic mass is 10.0. The molecule has 0 radical (unpaired) electrons. The largest absolute Gasteiger partial charge is 0.507 e. The Kier molecular flexibility index (Phi) is 2.79. The molecule has 0 spiro atoms. The van der Waals surface area contributed by atoms with E-state index in [2.05, 4.69) is 0 Å². The summed E-state index contributed by atoms with van der Waals surface area (Å²) in [7, 11) is 0. The molecule has 16 heavy (non-hydrogen) atoms. The molecule has 0 aliphatic carbocycles. The van der Waals surface area contributed by atoms with Crippen molar-refractivity contribution in [2.45, 2.75) is 0 Å².